The second-order valence-electron chi connectivity index (χ2n) is 5.85. The molecule has 116 valence electrons. The van der Waals surface area contributed by atoms with Crippen LogP contribution < -0.4 is 4.74 Å². The molecule has 1 aromatic rings. The fraction of sp³-hybridized carbons (Fsp3) is 0.533. The van der Waals surface area contributed by atoms with Gasteiger partial charge in [-0.05, 0) is 46.2 Å². The van der Waals surface area contributed by atoms with Crippen molar-refractivity contribution in [2.24, 2.45) is 0 Å². The summed E-state index contributed by atoms with van der Waals surface area (Å²) in [6.07, 6.45) is 0.132. The average Bonchev–Trinajstić information content (AvgIpc) is 2.30. The summed E-state index contributed by atoms with van der Waals surface area (Å²) < 4.78 is 10.7. The maximum atomic E-state index is 11.6. The van der Waals surface area contributed by atoms with E-state index < -0.39 is 10.5 Å². The van der Waals surface area contributed by atoms with Gasteiger partial charge in [-0.25, -0.2) is 0 Å². The quantitative estimate of drug-likeness (QED) is 0.473. The highest BCUT2D eigenvalue weighted by molar-refractivity contribution is 5.70. The molecule has 0 N–H and O–H groups in total. The van der Waals surface area contributed by atoms with Crippen LogP contribution in [0.5, 0.6) is 5.75 Å². The average molecular weight is 295 g/mol. The summed E-state index contributed by atoms with van der Waals surface area (Å²) in [5.74, 6) is 0.209. The van der Waals surface area contributed by atoms with Crippen LogP contribution in [0.3, 0.4) is 0 Å². The molecule has 6 nitrogen and oxygen atoms in total. The highest BCUT2D eigenvalue weighted by atomic mass is 16.6. The Bertz CT molecular complexity index is 546. The van der Waals surface area contributed by atoms with Gasteiger partial charge in [0.1, 0.15) is 11.4 Å². The third kappa shape index (κ3) is 5.41. The van der Waals surface area contributed by atoms with Gasteiger partial charge in [0.05, 0.1) is 18.0 Å². The number of nitrogens with zero attached hydrogens (tertiary/aromatic N) is 1. The van der Waals surface area contributed by atoms with E-state index >= 15 is 0 Å². The van der Waals surface area contributed by atoms with Gasteiger partial charge >= 0.3 is 5.97 Å². The van der Waals surface area contributed by atoms with E-state index in [1.165, 1.54) is 6.07 Å². The van der Waals surface area contributed by atoms with Crippen LogP contribution in [-0.4, -0.2) is 23.1 Å². The number of nitro groups is 1. The van der Waals surface area contributed by atoms with Gasteiger partial charge in [-0.2, -0.15) is 0 Å². The van der Waals surface area contributed by atoms with Gasteiger partial charge in [-0.15, -0.1) is 0 Å². The van der Waals surface area contributed by atoms with Crippen molar-refractivity contribution >= 4 is 11.7 Å². The van der Waals surface area contributed by atoms with Crippen LogP contribution in [0.4, 0.5) is 5.69 Å². The van der Waals surface area contributed by atoms with E-state index in [1.807, 2.05) is 0 Å². The van der Waals surface area contributed by atoms with Crippen molar-refractivity contribution < 1.29 is 19.2 Å². The van der Waals surface area contributed by atoms with Crippen LogP contribution in [0.15, 0.2) is 12.1 Å². The first kappa shape index (κ1) is 16.9. The van der Waals surface area contributed by atoms with Crippen LogP contribution >= 0.6 is 0 Å². The van der Waals surface area contributed by atoms with Gasteiger partial charge in [-0.3, -0.25) is 14.9 Å². The molecule has 0 unspecified atom stereocenters. The number of esters is 1. The zero-order chi connectivity index (χ0) is 16.2. The Balaban J connectivity index is 2.63. The number of hydrogen-bond acceptors (Lipinski definition) is 5. The van der Waals surface area contributed by atoms with E-state index in [9.17, 15) is 14.9 Å². The molecular formula is C15H21NO5. The molecule has 0 amide bonds. The number of ether oxygens (including phenoxy) is 2. The van der Waals surface area contributed by atoms with Crippen molar-refractivity contribution in [3.63, 3.8) is 0 Å². The van der Waals surface area contributed by atoms with Gasteiger partial charge in [0, 0.05) is 11.6 Å². The predicted molar refractivity (Wildman–Crippen MR) is 78.5 cm³/mol. The van der Waals surface area contributed by atoms with Gasteiger partial charge in [-0.1, -0.05) is 0 Å². The zero-order valence-corrected chi connectivity index (χ0v) is 13.1. The highest BCUT2D eigenvalue weighted by Gasteiger charge is 2.17. The zero-order valence-electron chi connectivity index (χ0n) is 13.1. The largest absolute Gasteiger partial charge is 0.493 e. The molecule has 0 radical (unpaired) electrons. The Morgan fingerprint density at radius 3 is 2.38 bits per heavy atom. The summed E-state index contributed by atoms with van der Waals surface area (Å²) in [4.78, 5) is 22.0. The summed E-state index contributed by atoms with van der Waals surface area (Å²) in [6, 6.07) is 3.08. The predicted octanol–water partition coefficient (Wildman–Crippen LogP) is 3.32. The lowest BCUT2D eigenvalue weighted by Crippen LogP contribution is -2.24. The molecule has 0 fully saturated rings. The van der Waals surface area contributed by atoms with Gasteiger partial charge in [0.15, 0.2) is 0 Å². The normalized spacial score (nSPS) is 11.1. The topological polar surface area (TPSA) is 78.7 Å². The monoisotopic (exact) mass is 295 g/mol. The van der Waals surface area contributed by atoms with E-state index in [-0.39, 0.29) is 24.7 Å². The van der Waals surface area contributed by atoms with Crippen LogP contribution in [0.2, 0.25) is 0 Å². The molecule has 0 aromatic heterocycles. The number of carbonyl (C=O) groups excluding carboxylic acids is 1. The molecule has 0 heterocycles. The van der Waals surface area contributed by atoms with E-state index in [4.69, 9.17) is 9.47 Å². The molecule has 0 saturated carbocycles. The molecule has 0 spiro atoms. The second kappa shape index (κ2) is 6.56. The van der Waals surface area contributed by atoms with E-state index in [1.54, 1.807) is 40.7 Å². The Morgan fingerprint density at radius 2 is 1.86 bits per heavy atom. The molecule has 0 saturated heterocycles. The summed E-state index contributed by atoms with van der Waals surface area (Å²) >= 11 is 0. The summed E-state index contributed by atoms with van der Waals surface area (Å²) in [7, 11) is 0. The molecule has 0 aliphatic carbocycles. The number of benzene rings is 1. The first-order valence-corrected chi connectivity index (χ1v) is 6.70. The molecule has 0 aliphatic heterocycles. The third-order valence-electron chi connectivity index (χ3n) is 2.67. The SMILES string of the molecule is Cc1cc([N+](=O)[O-])c(C)cc1OCCC(=O)OC(C)(C)C. The van der Waals surface area contributed by atoms with E-state index in [2.05, 4.69) is 0 Å². The number of nitro benzene ring substituents is 1. The van der Waals surface area contributed by atoms with Crippen molar-refractivity contribution in [2.75, 3.05) is 6.61 Å². The number of carbonyl (C=O) groups is 1. The molecule has 0 bridgehead atoms. The van der Waals surface area contributed by atoms with Crippen LogP contribution in [0.1, 0.15) is 38.3 Å². The van der Waals surface area contributed by atoms with Crippen molar-refractivity contribution in [1.82, 2.24) is 0 Å². The number of aryl methyl sites for hydroxylation is 2. The van der Waals surface area contributed by atoms with Gasteiger partial charge in [0.25, 0.3) is 5.69 Å². The van der Waals surface area contributed by atoms with Crippen molar-refractivity contribution in [2.45, 2.75) is 46.6 Å². The lowest BCUT2D eigenvalue weighted by molar-refractivity contribution is -0.385. The minimum absolute atomic E-state index is 0.0620. The smallest absolute Gasteiger partial charge is 0.309 e. The Labute approximate surface area is 124 Å². The fourth-order valence-corrected chi connectivity index (χ4v) is 1.76. The summed E-state index contributed by atoms with van der Waals surface area (Å²) in [5, 5.41) is 10.8. The molecular weight excluding hydrogens is 274 g/mol. The molecule has 21 heavy (non-hydrogen) atoms. The van der Waals surface area contributed by atoms with Crippen molar-refractivity contribution in [3.05, 3.63) is 33.4 Å². The lowest BCUT2D eigenvalue weighted by atomic mass is 10.1. The fourth-order valence-electron chi connectivity index (χ4n) is 1.76. The second-order valence-corrected chi connectivity index (χ2v) is 5.85. The summed E-state index contributed by atoms with van der Waals surface area (Å²) in [6.45, 7) is 8.96. The van der Waals surface area contributed by atoms with Gasteiger partial charge < -0.3 is 9.47 Å². The minimum atomic E-state index is -0.517. The van der Waals surface area contributed by atoms with Crippen LogP contribution in [0.25, 0.3) is 0 Å². The van der Waals surface area contributed by atoms with E-state index in [0.717, 1.165) is 0 Å². The van der Waals surface area contributed by atoms with Crippen LogP contribution in [0, 0.1) is 24.0 Å². The Morgan fingerprint density at radius 1 is 1.24 bits per heavy atom. The molecule has 1 rings (SSSR count). The molecule has 0 atom stereocenters. The van der Waals surface area contributed by atoms with Crippen molar-refractivity contribution in [3.8, 4) is 5.75 Å². The molecule has 0 aliphatic rings. The Kier molecular flexibility index (Phi) is 5.29. The standard InChI is InChI=1S/C15H21NO5/c1-10-9-13(11(2)8-12(10)16(18)19)20-7-6-14(17)21-15(3,4)5/h8-9H,6-7H2,1-5H3. The first-order chi connectivity index (χ1) is 9.60. The van der Waals surface area contributed by atoms with Crippen LogP contribution in [-0.2, 0) is 9.53 Å². The molecule has 1 aromatic carbocycles. The maximum Gasteiger partial charge on any atom is 0.309 e. The highest BCUT2D eigenvalue weighted by Crippen LogP contribution is 2.27. The van der Waals surface area contributed by atoms with E-state index in [0.29, 0.717) is 16.9 Å². The first-order valence-electron chi connectivity index (χ1n) is 6.70. The number of hydrogen-bond donors (Lipinski definition) is 0. The number of rotatable bonds is 5. The lowest BCUT2D eigenvalue weighted by Gasteiger charge is -2.19. The Hall–Kier alpha value is -2.11. The maximum absolute atomic E-state index is 11.6. The molecule has 6 heteroatoms. The van der Waals surface area contributed by atoms with Crippen molar-refractivity contribution in [1.29, 1.82) is 0 Å². The van der Waals surface area contributed by atoms with Gasteiger partial charge in [0.2, 0.25) is 0 Å². The summed E-state index contributed by atoms with van der Waals surface area (Å²) in [5.41, 5.74) is 0.734. The third-order valence-corrected chi connectivity index (χ3v) is 2.67. The minimum Gasteiger partial charge on any atom is -0.493 e.